The molecule has 24 heavy (non-hydrogen) atoms. The number of carbonyl (C=O) groups excluding carboxylic acids is 3. The molecule has 1 aliphatic heterocycles. The van der Waals surface area contributed by atoms with Gasteiger partial charge in [-0.15, -0.1) is 0 Å². The summed E-state index contributed by atoms with van der Waals surface area (Å²) in [5.41, 5.74) is 0.511. The number of rotatable bonds is 7. The van der Waals surface area contributed by atoms with Crippen molar-refractivity contribution in [1.82, 2.24) is 4.90 Å². The Morgan fingerprint density at radius 1 is 1.21 bits per heavy atom. The molecule has 1 aromatic carbocycles. The molecule has 0 aromatic heterocycles. The summed E-state index contributed by atoms with van der Waals surface area (Å²) in [6.45, 7) is 6.47. The highest BCUT2D eigenvalue weighted by Crippen LogP contribution is 2.27. The molecule has 1 saturated heterocycles. The van der Waals surface area contributed by atoms with Gasteiger partial charge in [0.05, 0.1) is 18.7 Å². The Balaban J connectivity index is 2.17. The Morgan fingerprint density at radius 3 is 2.42 bits per heavy atom. The molecule has 2 rings (SSSR count). The van der Waals surface area contributed by atoms with E-state index in [-0.39, 0.29) is 24.1 Å². The molecule has 6 nitrogen and oxygen atoms in total. The van der Waals surface area contributed by atoms with Gasteiger partial charge in [-0.3, -0.25) is 14.4 Å². The van der Waals surface area contributed by atoms with Crippen molar-refractivity contribution in [2.45, 2.75) is 46.1 Å². The van der Waals surface area contributed by atoms with Crippen LogP contribution < -0.4 is 9.64 Å². The van der Waals surface area contributed by atoms with Crippen molar-refractivity contribution < 1.29 is 19.1 Å². The summed E-state index contributed by atoms with van der Waals surface area (Å²) in [4.78, 5) is 39.4. The molecule has 1 unspecified atom stereocenters. The average molecular weight is 332 g/mol. The number of imide groups is 1. The molecule has 0 radical (unpaired) electrons. The zero-order valence-electron chi connectivity index (χ0n) is 14.4. The van der Waals surface area contributed by atoms with E-state index >= 15 is 0 Å². The maximum atomic E-state index is 12.7. The highest BCUT2D eigenvalue weighted by Gasteiger charge is 2.43. The van der Waals surface area contributed by atoms with Crippen LogP contribution in [0.4, 0.5) is 5.69 Å². The number of benzene rings is 1. The fraction of sp³-hybridized carbons (Fsp3) is 0.500. The number of ether oxygens (including phenoxy) is 1. The number of carbonyl (C=O) groups is 3. The first-order valence-electron chi connectivity index (χ1n) is 8.36. The van der Waals surface area contributed by atoms with Gasteiger partial charge in [-0.05, 0) is 37.1 Å². The van der Waals surface area contributed by atoms with Crippen molar-refractivity contribution in [3.63, 3.8) is 0 Å². The molecule has 6 heteroatoms. The lowest BCUT2D eigenvalue weighted by Gasteiger charge is -2.25. The fourth-order valence-corrected chi connectivity index (χ4v) is 2.82. The highest BCUT2D eigenvalue weighted by atomic mass is 16.5. The van der Waals surface area contributed by atoms with Gasteiger partial charge >= 0.3 is 0 Å². The topological polar surface area (TPSA) is 66.9 Å². The van der Waals surface area contributed by atoms with E-state index < -0.39 is 6.04 Å². The minimum absolute atomic E-state index is 0.0342. The van der Waals surface area contributed by atoms with Gasteiger partial charge in [-0.25, -0.2) is 4.90 Å². The van der Waals surface area contributed by atoms with Crippen molar-refractivity contribution in [3.8, 4) is 5.75 Å². The van der Waals surface area contributed by atoms with Crippen LogP contribution in [0.3, 0.4) is 0 Å². The third-order valence-corrected chi connectivity index (χ3v) is 3.94. The summed E-state index contributed by atoms with van der Waals surface area (Å²) >= 11 is 0. The van der Waals surface area contributed by atoms with Crippen LogP contribution in [0.5, 0.6) is 5.75 Å². The molecular weight excluding hydrogens is 308 g/mol. The molecule has 1 atom stereocenters. The number of hydrogen-bond donors (Lipinski definition) is 0. The molecular formula is C18H24N2O4. The van der Waals surface area contributed by atoms with Crippen LogP contribution in [0.2, 0.25) is 0 Å². The second-order valence-corrected chi connectivity index (χ2v) is 5.84. The van der Waals surface area contributed by atoms with E-state index in [0.717, 1.165) is 12.8 Å². The first-order valence-corrected chi connectivity index (χ1v) is 8.36. The maximum Gasteiger partial charge on any atom is 0.257 e. The average Bonchev–Trinajstić information content (AvgIpc) is 2.85. The number of anilines is 1. The van der Waals surface area contributed by atoms with Crippen molar-refractivity contribution in [2.24, 2.45) is 0 Å². The monoisotopic (exact) mass is 332 g/mol. The lowest BCUT2D eigenvalue weighted by atomic mass is 10.2. The van der Waals surface area contributed by atoms with E-state index in [4.69, 9.17) is 4.74 Å². The van der Waals surface area contributed by atoms with E-state index in [9.17, 15) is 14.4 Å². The summed E-state index contributed by atoms with van der Waals surface area (Å²) in [5, 5.41) is 0. The first-order chi connectivity index (χ1) is 11.5. The molecule has 1 fully saturated rings. The first kappa shape index (κ1) is 18.0. The van der Waals surface area contributed by atoms with E-state index in [0.29, 0.717) is 24.6 Å². The molecule has 1 aliphatic rings. The normalized spacial score (nSPS) is 17.3. The summed E-state index contributed by atoms with van der Waals surface area (Å²) in [6, 6.07) is 6.18. The number of amides is 3. The maximum absolute atomic E-state index is 12.7. The SMILES string of the molecule is CCCOc1ccc(N2C(=O)CC(N(CCC)C(C)=O)C2=O)cc1. The summed E-state index contributed by atoms with van der Waals surface area (Å²) < 4.78 is 5.51. The molecule has 0 aliphatic carbocycles. The molecule has 3 amide bonds. The van der Waals surface area contributed by atoms with Crippen molar-refractivity contribution in [1.29, 1.82) is 0 Å². The zero-order valence-corrected chi connectivity index (χ0v) is 14.4. The third kappa shape index (κ3) is 3.75. The van der Waals surface area contributed by atoms with Crippen LogP contribution >= 0.6 is 0 Å². The van der Waals surface area contributed by atoms with Crippen LogP contribution in [-0.2, 0) is 14.4 Å². The van der Waals surface area contributed by atoms with Gasteiger partial charge in [0, 0.05) is 13.5 Å². The Bertz CT molecular complexity index is 612. The molecule has 1 aromatic rings. The predicted octanol–water partition coefficient (Wildman–Crippen LogP) is 2.37. The van der Waals surface area contributed by atoms with Gasteiger partial charge in [0.15, 0.2) is 0 Å². The Labute approximate surface area is 142 Å². The molecule has 0 saturated carbocycles. The van der Waals surface area contributed by atoms with Crippen LogP contribution in [0, 0.1) is 0 Å². The van der Waals surface area contributed by atoms with Gasteiger partial charge in [-0.2, -0.15) is 0 Å². The fourth-order valence-electron chi connectivity index (χ4n) is 2.82. The van der Waals surface area contributed by atoms with Crippen molar-refractivity contribution >= 4 is 23.4 Å². The predicted molar refractivity (Wildman–Crippen MR) is 90.8 cm³/mol. The van der Waals surface area contributed by atoms with E-state index in [1.807, 2.05) is 13.8 Å². The largest absolute Gasteiger partial charge is 0.494 e. The van der Waals surface area contributed by atoms with Crippen LogP contribution in [0.1, 0.15) is 40.0 Å². The second kappa shape index (κ2) is 7.95. The van der Waals surface area contributed by atoms with Crippen molar-refractivity contribution in [2.75, 3.05) is 18.1 Å². The lowest BCUT2D eigenvalue weighted by Crippen LogP contribution is -2.44. The van der Waals surface area contributed by atoms with E-state index in [2.05, 4.69) is 0 Å². The van der Waals surface area contributed by atoms with Crippen LogP contribution in [0.25, 0.3) is 0 Å². The van der Waals surface area contributed by atoms with Gasteiger partial charge in [0.25, 0.3) is 5.91 Å². The number of nitrogens with zero attached hydrogens (tertiary/aromatic N) is 2. The van der Waals surface area contributed by atoms with Crippen molar-refractivity contribution in [3.05, 3.63) is 24.3 Å². The summed E-state index contributed by atoms with van der Waals surface area (Å²) in [5.74, 6) is -0.110. The molecule has 0 N–H and O–H groups in total. The second-order valence-electron chi connectivity index (χ2n) is 5.84. The van der Waals surface area contributed by atoms with Gasteiger partial charge in [-0.1, -0.05) is 13.8 Å². The molecule has 0 spiro atoms. The molecule has 0 bridgehead atoms. The van der Waals surface area contributed by atoms with E-state index in [1.165, 1.54) is 16.7 Å². The highest BCUT2D eigenvalue weighted by molar-refractivity contribution is 6.23. The molecule has 1 heterocycles. The van der Waals surface area contributed by atoms with E-state index in [1.54, 1.807) is 24.3 Å². The Kier molecular flexibility index (Phi) is 5.95. The molecule has 130 valence electrons. The van der Waals surface area contributed by atoms with Crippen LogP contribution in [0.15, 0.2) is 24.3 Å². The minimum atomic E-state index is -0.703. The third-order valence-electron chi connectivity index (χ3n) is 3.94. The smallest absolute Gasteiger partial charge is 0.257 e. The number of hydrogen-bond acceptors (Lipinski definition) is 4. The Hall–Kier alpha value is -2.37. The van der Waals surface area contributed by atoms with Gasteiger partial charge in [0.1, 0.15) is 11.8 Å². The van der Waals surface area contributed by atoms with Gasteiger partial charge < -0.3 is 9.64 Å². The van der Waals surface area contributed by atoms with Crippen LogP contribution in [-0.4, -0.2) is 41.8 Å². The minimum Gasteiger partial charge on any atom is -0.494 e. The quantitative estimate of drug-likeness (QED) is 0.719. The Morgan fingerprint density at radius 2 is 1.88 bits per heavy atom. The summed E-state index contributed by atoms with van der Waals surface area (Å²) in [6.07, 6.45) is 1.68. The standard InChI is InChI=1S/C18H24N2O4/c1-4-10-19(13(3)21)16-12-17(22)20(18(16)23)14-6-8-15(9-7-14)24-11-5-2/h6-9,16H,4-5,10-12H2,1-3H3. The lowest BCUT2D eigenvalue weighted by molar-refractivity contribution is -0.136. The zero-order chi connectivity index (χ0) is 17.7. The summed E-state index contributed by atoms with van der Waals surface area (Å²) in [7, 11) is 0. The van der Waals surface area contributed by atoms with Gasteiger partial charge in [0.2, 0.25) is 11.8 Å².